The Kier molecular flexibility index (Phi) is 3.24. The zero-order valence-corrected chi connectivity index (χ0v) is 13.1. The maximum absolute atomic E-state index is 12.7. The molecule has 2 heterocycles. The summed E-state index contributed by atoms with van der Waals surface area (Å²) in [4.78, 5) is 28.4. The molecule has 4 fully saturated rings. The molecule has 2 bridgehead atoms. The number of hydrogen-bond acceptors (Lipinski definition) is 4. The number of carbonyl (C=O) groups is 2. The van der Waals surface area contributed by atoms with Crippen LogP contribution < -0.4 is 0 Å². The molecule has 0 aromatic heterocycles. The average molecular weight is 308 g/mol. The number of likely N-dealkylation sites (tertiary alicyclic amines) is 1. The summed E-state index contributed by atoms with van der Waals surface area (Å²) in [6, 6.07) is 0. The Balaban J connectivity index is 1.45. The van der Waals surface area contributed by atoms with Crippen LogP contribution in [0, 0.1) is 23.7 Å². The molecule has 22 heavy (non-hydrogen) atoms. The van der Waals surface area contributed by atoms with Crippen molar-refractivity contribution in [2.24, 2.45) is 23.7 Å². The minimum atomic E-state index is -0.473. The third-order valence-electron chi connectivity index (χ3n) is 6.30. The Morgan fingerprint density at radius 1 is 1.36 bits per heavy atom. The fourth-order valence-corrected chi connectivity index (χ4v) is 5.33. The number of nitrogens with zero attached hydrogens (tertiary/aromatic N) is 2. The van der Waals surface area contributed by atoms with Crippen LogP contribution in [0.1, 0.15) is 26.7 Å². The Hall–Kier alpha value is -1.14. The van der Waals surface area contributed by atoms with E-state index in [1.807, 2.05) is 13.8 Å². The molecule has 0 aromatic rings. The van der Waals surface area contributed by atoms with Gasteiger partial charge in [0, 0.05) is 32.0 Å². The summed E-state index contributed by atoms with van der Waals surface area (Å²) in [6.07, 6.45) is 0.509. The standard InChI is InChI=1S/C16H24N2O4/c1-3-17(4-2)10(19)5-6-18-15(21)11-8-7-9-12(11)16(18)22-14(9)13(8)20/h8-9,11-14,16,20H,3-7H2,1-2H3. The van der Waals surface area contributed by atoms with E-state index in [1.165, 1.54) is 0 Å². The van der Waals surface area contributed by atoms with Crippen LogP contribution in [-0.4, -0.2) is 64.8 Å². The molecule has 4 aliphatic rings. The second-order valence-corrected chi connectivity index (χ2v) is 7.00. The first-order chi connectivity index (χ1) is 10.6. The van der Waals surface area contributed by atoms with Crippen molar-refractivity contribution in [3.63, 3.8) is 0 Å². The van der Waals surface area contributed by atoms with Gasteiger partial charge < -0.3 is 19.6 Å². The molecule has 6 nitrogen and oxygen atoms in total. The summed E-state index contributed by atoms with van der Waals surface area (Å²) in [5.74, 6) is 0.756. The van der Waals surface area contributed by atoms with Crippen molar-refractivity contribution in [1.29, 1.82) is 0 Å². The molecule has 2 amide bonds. The number of hydrogen-bond donors (Lipinski definition) is 1. The molecular formula is C16H24N2O4. The predicted molar refractivity (Wildman–Crippen MR) is 77.5 cm³/mol. The molecule has 0 aromatic carbocycles. The van der Waals surface area contributed by atoms with E-state index in [4.69, 9.17) is 4.74 Å². The van der Waals surface area contributed by atoms with Crippen molar-refractivity contribution in [1.82, 2.24) is 9.80 Å². The van der Waals surface area contributed by atoms with E-state index in [-0.39, 0.29) is 41.9 Å². The van der Waals surface area contributed by atoms with E-state index in [1.54, 1.807) is 9.80 Å². The lowest BCUT2D eigenvalue weighted by Gasteiger charge is -2.30. The maximum atomic E-state index is 12.7. The van der Waals surface area contributed by atoms with Crippen LogP contribution in [0.5, 0.6) is 0 Å². The highest BCUT2D eigenvalue weighted by molar-refractivity contribution is 5.84. The lowest BCUT2D eigenvalue weighted by molar-refractivity contribution is -0.151. The first-order valence-corrected chi connectivity index (χ1v) is 8.50. The fraction of sp³-hybridized carbons (Fsp3) is 0.875. The number of carbonyl (C=O) groups excluding carboxylic acids is 2. The Morgan fingerprint density at radius 3 is 2.77 bits per heavy atom. The predicted octanol–water partition coefficient (Wildman–Crippen LogP) is 0.0550. The van der Waals surface area contributed by atoms with Crippen molar-refractivity contribution >= 4 is 11.8 Å². The summed E-state index contributed by atoms with van der Waals surface area (Å²) in [5, 5.41) is 10.2. The molecule has 2 saturated heterocycles. The summed E-state index contributed by atoms with van der Waals surface area (Å²) in [5.41, 5.74) is 0. The quantitative estimate of drug-likeness (QED) is 0.779. The Labute approximate surface area is 130 Å². The van der Waals surface area contributed by atoms with Crippen LogP contribution in [0.25, 0.3) is 0 Å². The lowest BCUT2D eigenvalue weighted by Crippen LogP contribution is -2.45. The van der Waals surface area contributed by atoms with Gasteiger partial charge in [-0.2, -0.15) is 0 Å². The van der Waals surface area contributed by atoms with Crippen molar-refractivity contribution in [3.8, 4) is 0 Å². The van der Waals surface area contributed by atoms with Crippen LogP contribution in [-0.2, 0) is 14.3 Å². The SMILES string of the molecule is CCN(CC)C(=O)CCN1C(=O)C2C3CC4C(OC1C42)C3O. The van der Waals surface area contributed by atoms with Gasteiger partial charge in [0.1, 0.15) is 6.23 Å². The summed E-state index contributed by atoms with van der Waals surface area (Å²) < 4.78 is 6.00. The van der Waals surface area contributed by atoms with Crippen LogP contribution in [0.3, 0.4) is 0 Å². The van der Waals surface area contributed by atoms with Gasteiger partial charge in [-0.25, -0.2) is 0 Å². The highest BCUT2D eigenvalue weighted by atomic mass is 16.5. The third-order valence-corrected chi connectivity index (χ3v) is 6.30. The normalized spacial score (nSPS) is 44.2. The van der Waals surface area contributed by atoms with Gasteiger partial charge in [-0.3, -0.25) is 9.59 Å². The molecule has 4 rings (SSSR count). The number of amides is 2. The van der Waals surface area contributed by atoms with E-state index in [9.17, 15) is 14.7 Å². The van der Waals surface area contributed by atoms with Crippen LogP contribution in [0.4, 0.5) is 0 Å². The van der Waals surface area contributed by atoms with E-state index in [0.29, 0.717) is 32.0 Å². The first kappa shape index (κ1) is 14.5. The van der Waals surface area contributed by atoms with Gasteiger partial charge >= 0.3 is 0 Å². The Morgan fingerprint density at radius 2 is 2.09 bits per heavy atom. The largest absolute Gasteiger partial charge is 0.390 e. The molecule has 7 unspecified atom stereocenters. The number of aliphatic hydroxyl groups excluding tert-OH is 1. The van der Waals surface area contributed by atoms with Crippen LogP contribution >= 0.6 is 0 Å². The number of rotatable bonds is 5. The van der Waals surface area contributed by atoms with Crippen molar-refractivity contribution in [2.75, 3.05) is 19.6 Å². The van der Waals surface area contributed by atoms with E-state index in [0.717, 1.165) is 6.42 Å². The maximum Gasteiger partial charge on any atom is 0.228 e. The number of fused-ring (bicyclic) bond motifs is 2. The highest BCUT2D eigenvalue weighted by Gasteiger charge is 2.72. The van der Waals surface area contributed by atoms with Crippen LogP contribution in [0.15, 0.2) is 0 Å². The second kappa shape index (κ2) is 4.93. The van der Waals surface area contributed by atoms with Gasteiger partial charge in [-0.05, 0) is 32.1 Å². The molecule has 7 atom stereocenters. The highest BCUT2D eigenvalue weighted by Crippen LogP contribution is 2.63. The molecule has 0 spiro atoms. The third kappa shape index (κ3) is 1.68. The van der Waals surface area contributed by atoms with Gasteiger partial charge in [0.2, 0.25) is 11.8 Å². The molecular weight excluding hydrogens is 284 g/mol. The van der Waals surface area contributed by atoms with E-state index in [2.05, 4.69) is 0 Å². The van der Waals surface area contributed by atoms with Gasteiger partial charge in [-0.1, -0.05) is 0 Å². The molecule has 2 aliphatic carbocycles. The van der Waals surface area contributed by atoms with Crippen molar-refractivity contribution in [2.45, 2.75) is 45.1 Å². The summed E-state index contributed by atoms with van der Waals surface area (Å²) in [6.45, 7) is 5.77. The van der Waals surface area contributed by atoms with Gasteiger partial charge in [0.05, 0.1) is 18.1 Å². The zero-order chi connectivity index (χ0) is 15.6. The number of ether oxygens (including phenoxy) is 1. The van der Waals surface area contributed by atoms with E-state index < -0.39 is 6.10 Å². The lowest BCUT2D eigenvalue weighted by atomic mass is 9.80. The average Bonchev–Trinajstić information content (AvgIpc) is 3.17. The van der Waals surface area contributed by atoms with Crippen LogP contribution in [0.2, 0.25) is 0 Å². The van der Waals surface area contributed by atoms with E-state index >= 15 is 0 Å². The fourth-order valence-electron chi connectivity index (χ4n) is 5.33. The monoisotopic (exact) mass is 308 g/mol. The summed E-state index contributed by atoms with van der Waals surface area (Å²) >= 11 is 0. The molecule has 6 heteroatoms. The van der Waals surface area contributed by atoms with Gasteiger partial charge in [0.15, 0.2) is 0 Å². The van der Waals surface area contributed by atoms with Gasteiger partial charge in [-0.15, -0.1) is 0 Å². The molecule has 0 radical (unpaired) electrons. The smallest absolute Gasteiger partial charge is 0.228 e. The minimum Gasteiger partial charge on any atom is -0.390 e. The molecule has 2 saturated carbocycles. The first-order valence-electron chi connectivity index (χ1n) is 8.50. The minimum absolute atomic E-state index is 0.0704. The molecule has 2 aliphatic heterocycles. The summed E-state index contributed by atoms with van der Waals surface area (Å²) in [7, 11) is 0. The Bertz CT molecular complexity index is 506. The van der Waals surface area contributed by atoms with Crippen molar-refractivity contribution < 1.29 is 19.4 Å². The molecule has 122 valence electrons. The zero-order valence-electron chi connectivity index (χ0n) is 13.1. The topological polar surface area (TPSA) is 70.1 Å². The molecule has 1 N–H and O–H groups in total. The number of aliphatic hydroxyl groups is 1. The second-order valence-electron chi connectivity index (χ2n) is 7.00. The van der Waals surface area contributed by atoms with Crippen molar-refractivity contribution in [3.05, 3.63) is 0 Å². The van der Waals surface area contributed by atoms with Gasteiger partial charge in [0.25, 0.3) is 0 Å².